The summed E-state index contributed by atoms with van der Waals surface area (Å²) in [4.78, 5) is 58.3. The van der Waals surface area contributed by atoms with Crippen LogP contribution in [0.2, 0.25) is 0 Å². The van der Waals surface area contributed by atoms with Crippen molar-refractivity contribution in [3.8, 4) is 22.8 Å². The molecule has 3 aromatic carbocycles. The number of anilines is 2. The average molecular weight is 824 g/mol. The van der Waals surface area contributed by atoms with Gasteiger partial charge >= 0.3 is 0 Å². The zero-order chi connectivity index (χ0) is 41.5. The predicted octanol–water partition coefficient (Wildman–Crippen LogP) is 4.55. The molecule has 0 radical (unpaired) electrons. The third-order valence-electron chi connectivity index (χ3n) is 13.5. The lowest BCUT2D eigenvalue weighted by molar-refractivity contribution is -0.136. The first-order chi connectivity index (χ1) is 29.8. The van der Waals surface area contributed by atoms with E-state index in [0.717, 1.165) is 123 Å². The summed E-state index contributed by atoms with van der Waals surface area (Å²) >= 11 is 0. The van der Waals surface area contributed by atoms with Crippen LogP contribution in [-0.4, -0.2) is 135 Å². The molecule has 5 aliphatic heterocycles. The van der Waals surface area contributed by atoms with Crippen LogP contribution < -0.4 is 20.7 Å². The van der Waals surface area contributed by atoms with Crippen molar-refractivity contribution in [2.45, 2.75) is 63.2 Å². The topological polar surface area (TPSA) is 158 Å². The number of carbonyl (C=O) groups excluding carboxylic acids is 3. The summed E-state index contributed by atoms with van der Waals surface area (Å²) < 4.78 is 8.11. The SMILES string of the molecule is Nc1ncnc2c1c(-c1ccc(Oc3ccccc3)cc1)nn2C1CCN(CCN2CCC(N3CCN(c4ccc5c(c4)CN(C4CCC(=O)NC4=O)C5=O)CC3)CC2)CC1. The maximum absolute atomic E-state index is 13.2. The standard InChI is InChI=1S/C46H53N11O4/c47-43-41-42(31-6-9-37(10-7-31)61-36-4-2-1-3-5-36)51-57(44(41)49-30-48-43)34-16-20-53(21-17-34)23-22-52-18-14-33(15-19-52)54-24-26-55(27-25-54)35-8-11-38-32(28-35)29-56(46(38)60)39-12-13-40(58)50-45(39)59/h1-11,28,30,33-34,39H,12-27,29H2,(H2,47,48,49)(H,50,58,59). The molecule has 0 aliphatic carbocycles. The van der Waals surface area contributed by atoms with E-state index in [1.165, 1.54) is 19.2 Å². The number of benzene rings is 3. The number of nitrogens with one attached hydrogen (secondary N) is 1. The molecular formula is C46H53N11O4. The molecule has 0 bridgehead atoms. The van der Waals surface area contributed by atoms with E-state index >= 15 is 0 Å². The Labute approximate surface area is 355 Å². The molecule has 5 aliphatic rings. The number of nitrogen functional groups attached to an aromatic ring is 1. The Balaban J connectivity index is 0.678. The van der Waals surface area contributed by atoms with Crippen LogP contribution in [0, 0.1) is 0 Å². The zero-order valence-corrected chi connectivity index (χ0v) is 34.5. The van der Waals surface area contributed by atoms with Crippen LogP contribution in [0.1, 0.15) is 60.5 Å². The van der Waals surface area contributed by atoms with Crippen LogP contribution in [-0.2, 0) is 16.1 Å². The highest BCUT2D eigenvalue weighted by Gasteiger charge is 2.39. The minimum atomic E-state index is -0.590. The van der Waals surface area contributed by atoms with Crippen LogP contribution in [0.4, 0.5) is 11.5 Å². The van der Waals surface area contributed by atoms with Crippen molar-refractivity contribution in [2.24, 2.45) is 0 Å². The predicted molar refractivity (Wildman–Crippen MR) is 232 cm³/mol. The fraction of sp³-hybridized carbons (Fsp3) is 0.435. The molecule has 3 N–H and O–H groups in total. The van der Waals surface area contributed by atoms with E-state index in [1.54, 1.807) is 4.90 Å². The Morgan fingerprint density at radius 2 is 1.43 bits per heavy atom. The maximum atomic E-state index is 13.2. The first-order valence-corrected chi connectivity index (χ1v) is 21.9. The van der Waals surface area contributed by atoms with E-state index < -0.39 is 6.04 Å². The first-order valence-electron chi connectivity index (χ1n) is 21.9. The van der Waals surface area contributed by atoms with Crippen molar-refractivity contribution in [2.75, 3.05) is 76.1 Å². The molecule has 61 heavy (non-hydrogen) atoms. The molecule has 316 valence electrons. The number of nitrogens with zero attached hydrogens (tertiary/aromatic N) is 9. The summed E-state index contributed by atoms with van der Waals surface area (Å²) in [6.07, 6.45) is 6.57. The Morgan fingerprint density at radius 3 is 2.13 bits per heavy atom. The van der Waals surface area contributed by atoms with Crippen LogP contribution >= 0.6 is 0 Å². The number of imide groups is 1. The number of hydrogen-bond acceptors (Lipinski definition) is 12. The molecule has 4 saturated heterocycles. The quantitative estimate of drug-likeness (QED) is 0.190. The molecule has 4 fully saturated rings. The van der Waals surface area contributed by atoms with Gasteiger partial charge < -0.3 is 30.1 Å². The number of hydrogen-bond donors (Lipinski definition) is 2. The number of piperazine rings is 1. The highest BCUT2D eigenvalue weighted by molar-refractivity contribution is 6.05. The van der Waals surface area contributed by atoms with Crippen LogP contribution in [0.5, 0.6) is 11.5 Å². The van der Waals surface area contributed by atoms with E-state index in [4.69, 9.17) is 15.6 Å². The molecule has 0 spiro atoms. The van der Waals surface area contributed by atoms with Crippen LogP contribution in [0.15, 0.2) is 79.1 Å². The Hall–Kier alpha value is -5.90. The summed E-state index contributed by atoms with van der Waals surface area (Å²) in [6, 6.07) is 24.1. The lowest BCUT2D eigenvalue weighted by atomic mass is 10.0. The molecule has 3 amide bonds. The van der Waals surface area contributed by atoms with Gasteiger partial charge in [0.2, 0.25) is 11.8 Å². The Morgan fingerprint density at radius 1 is 0.738 bits per heavy atom. The van der Waals surface area contributed by atoms with Crippen LogP contribution in [0.3, 0.4) is 0 Å². The van der Waals surface area contributed by atoms with Gasteiger partial charge in [0, 0.05) is 88.2 Å². The second-order valence-electron chi connectivity index (χ2n) is 17.1. The van der Waals surface area contributed by atoms with E-state index in [1.807, 2.05) is 66.7 Å². The lowest BCUT2D eigenvalue weighted by Gasteiger charge is -2.43. The molecule has 15 nitrogen and oxygen atoms in total. The van der Waals surface area contributed by atoms with Gasteiger partial charge in [-0.1, -0.05) is 18.2 Å². The van der Waals surface area contributed by atoms with E-state index in [9.17, 15) is 14.4 Å². The maximum Gasteiger partial charge on any atom is 0.255 e. The van der Waals surface area contributed by atoms with Gasteiger partial charge in [0.25, 0.3) is 5.91 Å². The number of likely N-dealkylation sites (tertiary alicyclic amines) is 2. The summed E-state index contributed by atoms with van der Waals surface area (Å²) in [6.45, 7) is 10.8. The molecule has 2 aromatic heterocycles. The van der Waals surface area contributed by atoms with Gasteiger partial charge in [-0.25, -0.2) is 14.6 Å². The van der Waals surface area contributed by atoms with E-state index in [-0.39, 0.29) is 30.2 Å². The molecule has 1 unspecified atom stereocenters. The summed E-state index contributed by atoms with van der Waals surface area (Å²) in [7, 11) is 0. The molecule has 7 heterocycles. The Kier molecular flexibility index (Phi) is 10.9. The number of rotatable bonds is 10. The minimum Gasteiger partial charge on any atom is -0.457 e. The van der Waals surface area contributed by atoms with Gasteiger partial charge in [-0.05, 0) is 105 Å². The fourth-order valence-corrected chi connectivity index (χ4v) is 10.0. The van der Waals surface area contributed by atoms with Crippen molar-refractivity contribution in [1.82, 2.24) is 44.7 Å². The van der Waals surface area contributed by atoms with Crippen molar-refractivity contribution in [1.29, 1.82) is 0 Å². The fourth-order valence-electron chi connectivity index (χ4n) is 10.0. The largest absolute Gasteiger partial charge is 0.457 e. The number of fused-ring (bicyclic) bond motifs is 2. The summed E-state index contributed by atoms with van der Waals surface area (Å²) in [5.41, 5.74) is 11.7. The molecule has 15 heteroatoms. The number of piperidine rings is 3. The zero-order valence-electron chi connectivity index (χ0n) is 34.5. The number of amides is 3. The number of aromatic nitrogens is 4. The second-order valence-corrected chi connectivity index (χ2v) is 17.1. The number of ether oxygens (including phenoxy) is 1. The minimum absolute atomic E-state index is 0.123. The highest BCUT2D eigenvalue weighted by Crippen LogP contribution is 2.36. The van der Waals surface area contributed by atoms with Crippen LogP contribution in [0.25, 0.3) is 22.3 Å². The van der Waals surface area contributed by atoms with Crippen molar-refractivity contribution in [3.05, 3.63) is 90.3 Å². The van der Waals surface area contributed by atoms with Gasteiger partial charge in [0.15, 0.2) is 5.65 Å². The normalized spacial score (nSPS) is 21.3. The molecule has 5 aromatic rings. The lowest BCUT2D eigenvalue weighted by Crippen LogP contribution is -2.53. The summed E-state index contributed by atoms with van der Waals surface area (Å²) in [5, 5.41) is 8.32. The molecule has 0 saturated carbocycles. The second kappa shape index (κ2) is 16.9. The van der Waals surface area contributed by atoms with Gasteiger partial charge in [-0.2, -0.15) is 5.10 Å². The van der Waals surface area contributed by atoms with E-state index in [2.05, 4.69) is 45.6 Å². The van der Waals surface area contributed by atoms with Crippen molar-refractivity contribution >= 4 is 40.3 Å². The van der Waals surface area contributed by atoms with Crippen molar-refractivity contribution < 1.29 is 19.1 Å². The highest BCUT2D eigenvalue weighted by atomic mass is 16.5. The number of para-hydroxylation sites is 1. The summed E-state index contributed by atoms with van der Waals surface area (Å²) in [5.74, 6) is 1.23. The number of nitrogens with two attached hydrogens (primary N) is 1. The van der Waals surface area contributed by atoms with Gasteiger partial charge in [0.1, 0.15) is 35.4 Å². The van der Waals surface area contributed by atoms with Gasteiger partial charge in [0.05, 0.1) is 11.4 Å². The molecular weight excluding hydrogens is 771 g/mol. The van der Waals surface area contributed by atoms with E-state index in [0.29, 0.717) is 30.4 Å². The first kappa shape index (κ1) is 39.2. The molecule has 1 atom stereocenters. The monoisotopic (exact) mass is 823 g/mol. The molecule has 10 rings (SSSR count). The number of carbonyl (C=O) groups is 3. The van der Waals surface area contributed by atoms with Gasteiger partial charge in [-0.3, -0.25) is 24.6 Å². The smallest absolute Gasteiger partial charge is 0.255 e. The van der Waals surface area contributed by atoms with Gasteiger partial charge in [-0.15, -0.1) is 0 Å². The Bertz CT molecular complexity index is 2400. The third kappa shape index (κ3) is 8.05. The third-order valence-corrected chi connectivity index (χ3v) is 13.5. The average Bonchev–Trinajstić information content (AvgIpc) is 3.85. The van der Waals surface area contributed by atoms with Crippen molar-refractivity contribution in [3.63, 3.8) is 0 Å².